The maximum absolute atomic E-state index is 13.5. The Morgan fingerprint density at radius 2 is 1.69 bits per heavy atom. The van der Waals surface area contributed by atoms with Gasteiger partial charge < -0.3 is 10.1 Å². The summed E-state index contributed by atoms with van der Waals surface area (Å²) < 4.78 is 46.5. The van der Waals surface area contributed by atoms with Crippen LogP contribution in [0.4, 0.5) is 10.1 Å². The molecule has 3 aromatic rings. The Morgan fingerprint density at radius 1 is 1.03 bits per heavy atom. The number of carbonyl (C=O) groups is 1. The smallest absolute Gasteiger partial charge is 0.261 e. The number of sulfonamides is 1. The SMILES string of the molecule is COc1ccc(C(CNC(=O)c2ccc(NS(=O)(=O)c3ccc(F)c(C)c3)cc2)N2CCCC2)cc1. The number of hydrogen-bond donors (Lipinski definition) is 2. The lowest BCUT2D eigenvalue weighted by molar-refractivity contribution is 0.0938. The minimum absolute atomic E-state index is 0.0327. The molecule has 4 rings (SSSR count). The normalized spacial score (nSPS) is 14.9. The molecule has 1 fully saturated rings. The molecule has 1 aliphatic rings. The van der Waals surface area contributed by atoms with E-state index < -0.39 is 15.8 Å². The van der Waals surface area contributed by atoms with Crippen molar-refractivity contribution in [2.24, 2.45) is 0 Å². The number of methoxy groups -OCH3 is 1. The summed E-state index contributed by atoms with van der Waals surface area (Å²) in [7, 11) is -2.25. The minimum atomic E-state index is -3.88. The highest BCUT2D eigenvalue weighted by Gasteiger charge is 2.24. The highest BCUT2D eigenvalue weighted by atomic mass is 32.2. The molecule has 1 atom stereocenters. The van der Waals surface area contributed by atoms with Crippen molar-refractivity contribution in [3.63, 3.8) is 0 Å². The van der Waals surface area contributed by atoms with E-state index in [0.29, 0.717) is 17.8 Å². The van der Waals surface area contributed by atoms with E-state index in [1.165, 1.54) is 31.2 Å². The van der Waals surface area contributed by atoms with Crippen LogP contribution in [0.3, 0.4) is 0 Å². The monoisotopic (exact) mass is 511 g/mol. The van der Waals surface area contributed by atoms with Crippen LogP contribution in [0.1, 0.15) is 40.4 Å². The van der Waals surface area contributed by atoms with Gasteiger partial charge in [-0.2, -0.15) is 0 Å². The molecule has 7 nitrogen and oxygen atoms in total. The molecule has 0 aromatic heterocycles. The van der Waals surface area contributed by atoms with Gasteiger partial charge in [0.1, 0.15) is 11.6 Å². The molecule has 0 radical (unpaired) electrons. The molecule has 1 amide bonds. The van der Waals surface area contributed by atoms with Crippen LogP contribution in [0.15, 0.2) is 71.6 Å². The van der Waals surface area contributed by atoms with Gasteiger partial charge in [0.2, 0.25) is 0 Å². The first-order chi connectivity index (χ1) is 17.3. The van der Waals surface area contributed by atoms with Crippen LogP contribution < -0.4 is 14.8 Å². The van der Waals surface area contributed by atoms with Crippen molar-refractivity contribution in [1.82, 2.24) is 10.2 Å². The zero-order valence-corrected chi connectivity index (χ0v) is 21.1. The fraction of sp³-hybridized carbons (Fsp3) is 0.296. The summed E-state index contributed by atoms with van der Waals surface area (Å²) in [5.74, 6) is 0.0767. The summed E-state index contributed by atoms with van der Waals surface area (Å²) >= 11 is 0. The number of ether oxygens (including phenoxy) is 1. The number of halogens is 1. The van der Waals surface area contributed by atoms with E-state index in [-0.39, 0.29) is 22.4 Å². The van der Waals surface area contributed by atoms with Gasteiger partial charge in [-0.1, -0.05) is 12.1 Å². The van der Waals surface area contributed by atoms with E-state index in [1.807, 2.05) is 24.3 Å². The number of anilines is 1. The molecular weight excluding hydrogens is 481 g/mol. The minimum Gasteiger partial charge on any atom is -0.497 e. The molecule has 36 heavy (non-hydrogen) atoms. The first-order valence-corrected chi connectivity index (χ1v) is 13.3. The van der Waals surface area contributed by atoms with Gasteiger partial charge in [-0.25, -0.2) is 12.8 Å². The standard InChI is InChI=1S/C27H30FN3O4S/c1-19-17-24(13-14-25(19)28)36(33,34)30-22-9-5-21(6-10-22)27(32)29-18-26(31-15-3-4-16-31)20-7-11-23(35-2)12-8-20/h5-14,17,26,30H,3-4,15-16,18H2,1-2H3,(H,29,32). The van der Waals surface area contributed by atoms with E-state index in [1.54, 1.807) is 19.2 Å². The maximum Gasteiger partial charge on any atom is 0.261 e. The third-order valence-corrected chi connectivity index (χ3v) is 7.76. The van der Waals surface area contributed by atoms with Crippen molar-refractivity contribution in [3.8, 4) is 5.75 Å². The Balaban J connectivity index is 1.41. The predicted octanol–water partition coefficient (Wildman–Crippen LogP) is 4.51. The highest BCUT2D eigenvalue weighted by molar-refractivity contribution is 7.92. The molecule has 0 spiro atoms. The Kier molecular flexibility index (Phi) is 7.91. The molecule has 2 N–H and O–H groups in total. The number of rotatable bonds is 9. The fourth-order valence-corrected chi connectivity index (χ4v) is 5.46. The zero-order valence-electron chi connectivity index (χ0n) is 20.3. The van der Waals surface area contributed by atoms with Gasteiger partial charge in [0.05, 0.1) is 18.0 Å². The molecule has 1 heterocycles. The number of nitrogens with one attached hydrogen (secondary N) is 2. The van der Waals surface area contributed by atoms with Crippen molar-refractivity contribution in [2.75, 3.05) is 31.5 Å². The molecule has 190 valence electrons. The molecule has 0 aliphatic carbocycles. The number of nitrogens with zero attached hydrogens (tertiary/aromatic N) is 1. The van der Waals surface area contributed by atoms with Gasteiger partial charge in [0.15, 0.2) is 0 Å². The lowest BCUT2D eigenvalue weighted by atomic mass is 10.0. The average molecular weight is 512 g/mol. The van der Waals surface area contributed by atoms with E-state index >= 15 is 0 Å². The van der Waals surface area contributed by atoms with Crippen LogP contribution in [0, 0.1) is 12.7 Å². The molecule has 0 saturated carbocycles. The second-order valence-corrected chi connectivity index (χ2v) is 10.5. The summed E-state index contributed by atoms with van der Waals surface area (Å²) in [6.45, 7) is 3.91. The Labute approximate surface area is 211 Å². The number of benzene rings is 3. The van der Waals surface area contributed by atoms with Crippen molar-refractivity contribution < 1.29 is 22.3 Å². The van der Waals surface area contributed by atoms with Crippen LogP contribution >= 0.6 is 0 Å². The number of hydrogen-bond acceptors (Lipinski definition) is 5. The van der Waals surface area contributed by atoms with Gasteiger partial charge >= 0.3 is 0 Å². The summed E-state index contributed by atoms with van der Waals surface area (Å²) in [6, 6.07) is 17.8. The van der Waals surface area contributed by atoms with E-state index in [2.05, 4.69) is 14.9 Å². The van der Waals surface area contributed by atoms with Gasteiger partial charge in [-0.3, -0.25) is 14.4 Å². The summed E-state index contributed by atoms with van der Waals surface area (Å²) in [5.41, 5.74) is 2.08. The molecule has 3 aromatic carbocycles. The predicted molar refractivity (Wildman–Crippen MR) is 137 cm³/mol. The molecule has 1 saturated heterocycles. The molecule has 1 unspecified atom stereocenters. The van der Waals surface area contributed by atoms with Crippen molar-refractivity contribution in [3.05, 3.63) is 89.2 Å². The Hall–Kier alpha value is -3.43. The molecule has 9 heteroatoms. The second kappa shape index (κ2) is 11.1. The van der Waals surface area contributed by atoms with E-state index in [9.17, 15) is 17.6 Å². The van der Waals surface area contributed by atoms with Crippen molar-refractivity contribution >= 4 is 21.6 Å². The number of likely N-dealkylation sites (tertiary alicyclic amines) is 1. The van der Waals surface area contributed by atoms with E-state index in [4.69, 9.17) is 4.74 Å². The quantitative estimate of drug-likeness (QED) is 0.441. The second-order valence-electron chi connectivity index (χ2n) is 8.84. The van der Waals surface area contributed by atoms with Crippen molar-refractivity contribution in [1.29, 1.82) is 0 Å². The van der Waals surface area contributed by atoms with Crippen LogP contribution in [0.5, 0.6) is 5.75 Å². The third kappa shape index (κ3) is 6.03. The number of amides is 1. The van der Waals surface area contributed by atoms with Crippen molar-refractivity contribution in [2.45, 2.75) is 30.7 Å². The lowest BCUT2D eigenvalue weighted by Crippen LogP contribution is -2.36. The third-order valence-electron chi connectivity index (χ3n) is 6.38. The zero-order chi connectivity index (χ0) is 25.7. The maximum atomic E-state index is 13.5. The topological polar surface area (TPSA) is 87.7 Å². The fourth-order valence-electron chi connectivity index (χ4n) is 4.32. The first-order valence-electron chi connectivity index (χ1n) is 11.8. The Bertz CT molecular complexity index is 1310. The van der Waals surface area contributed by atoms with Gasteiger partial charge in [0.25, 0.3) is 15.9 Å². The average Bonchev–Trinajstić information content (AvgIpc) is 3.41. The van der Waals surface area contributed by atoms with Gasteiger partial charge in [0, 0.05) is 17.8 Å². The number of carbonyl (C=O) groups excluding carboxylic acids is 1. The van der Waals surface area contributed by atoms with E-state index in [0.717, 1.165) is 43.3 Å². The first kappa shape index (κ1) is 25.7. The summed E-state index contributed by atoms with van der Waals surface area (Å²) in [5, 5.41) is 3.02. The Morgan fingerprint density at radius 3 is 2.31 bits per heavy atom. The summed E-state index contributed by atoms with van der Waals surface area (Å²) in [4.78, 5) is 15.2. The van der Waals surface area contributed by atoms with Crippen LogP contribution in [0.2, 0.25) is 0 Å². The highest BCUT2D eigenvalue weighted by Crippen LogP contribution is 2.26. The molecular formula is C27H30FN3O4S. The van der Waals surface area contributed by atoms with Gasteiger partial charge in [-0.15, -0.1) is 0 Å². The molecule has 0 bridgehead atoms. The van der Waals surface area contributed by atoms with Gasteiger partial charge in [-0.05, 0) is 98.6 Å². The largest absolute Gasteiger partial charge is 0.497 e. The molecule has 1 aliphatic heterocycles. The van der Waals surface area contributed by atoms with Crippen LogP contribution in [-0.4, -0.2) is 46.0 Å². The summed E-state index contributed by atoms with van der Waals surface area (Å²) in [6.07, 6.45) is 2.27. The lowest BCUT2D eigenvalue weighted by Gasteiger charge is -2.28. The van der Waals surface area contributed by atoms with Crippen LogP contribution in [0.25, 0.3) is 0 Å². The van der Waals surface area contributed by atoms with Crippen LogP contribution in [-0.2, 0) is 10.0 Å². The number of aryl methyl sites for hydroxylation is 1.